The molecule has 1 aliphatic rings. The van der Waals surface area contributed by atoms with Crippen molar-refractivity contribution >= 4 is 21.8 Å². The standard InChI is InChI=1S/C15H21BrN2O2/c1-11(20-14-5-3-13(16)4-6-14)15(19)18-8-7-12(10-18)9-17-2/h3-6,11-12,17H,7-10H2,1-2H3/t11-,12+/m1/s1. The first-order valence-corrected chi connectivity index (χ1v) is 7.75. The number of amides is 1. The van der Waals surface area contributed by atoms with Crippen molar-refractivity contribution in [2.45, 2.75) is 19.4 Å². The topological polar surface area (TPSA) is 41.6 Å². The van der Waals surface area contributed by atoms with Gasteiger partial charge in [0.2, 0.25) is 0 Å². The minimum Gasteiger partial charge on any atom is -0.481 e. The van der Waals surface area contributed by atoms with Gasteiger partial charge < -0.3 is 15.0 Å². The molecule has 0 bridgehead atoms. The van der Waals surface area contributed by atoms with E-state index in [9.17, 15) is 4.79 Å². The fourth-order valence-corrected chi connectivity index (χ4v) is 2.78. The van der Waals surface area contributed by atoms with E-state index in [1.165, 1.54) is 0 Å². The molecule has 1 fully saturated rings. The van der Waals surface area contributed by atoms with E-state index in [4.69, 9.17) is 4.74 Å². The average Bonchev–Trinajstić information content (AvgIpc) is 2.89. The molecule has 2 rings (SSSR count). The molecule has 0 radical (unpaired) electrons. The zero-order valence-corrected chi connectivity index (χ0v) is 13.5. The van der Waals surface area contributed by atoms with E-state index < -0.39 is 6.10 Å². The highest BCUT2D eigenvalue weighted by Gasteiger charge is 2.29. The van der Waals surface area contributed by atoms with E-state index in [0.717, 1.165) is 36.3 Å². The van der Waals surface area contributed by atoms with Gasteiger partial charge in [0.25, 0.3) is 5.91 Å². The second kappa shape index (κ2) is 7.09. The van der Waals surface area contributed by atoms with Crippen LogP contribution >= 0.6 is 15.9 Å². The Kier molecular flexibility index (Phi) is 5.43. The molecule has 110 valence electrons. The Balaban J connectivity index is 1.87. The van der Waals surface area contributed by atoms with Crippen molar-refractivity contribution in [2.24, 2.45) is 5.92 Å². The summed E-state index contributed by atoms with van der Waals surface area (Å²) in [7, 11) is 1.95. The summed E-state index contributed by atoms with van der Waals surface area (Å²) in [5.41, 5.74) is 0. The van der Waals surface area contributed by atoms with Crippen LogP contribution in [-0.2, 0) is 4.79 Å². The molecule has 1 N–H and O–H groups in total. The van der Waals surface area contributed by atoms with Crippen LogP contribution in [0.2, 0.25) is 0 Å². The predicted molar refractivity (Wildman–Crippen MR) is 82.8 cm³/mol. The molecule has 1 aromatic rings. The quantitative estimate of drug-likeness (QED) is 0.894. The lowest BCUT2D eigenvalue weighted by Crippen LogP contribution is -2.39. The Bertz CT molecular complexity index is 450. The number of ether oxygens (including phenoxy) is 1. The molecule has 1 amide bonds. The van der Waals surface area contributed by atoms with Crippen molar-refractivity contribution in [3.05, 3.63) is 28.7 Å². The van der Waals surface area contributed by atoms with E-state index in [-0.39, 0.29) is 5.91 Å². The molecular weight excluding hydrogens is 320 g/mol. The molecule has 0 unspecified atom stereocenters. The second-order valence-electron chi connectivity index (χ2n) is 5.21. The van der Waals surface area contributed by atoms with Gasteiger partial charge in [0.05, 0.1) is 0 Å². The molecule has 1 aliphatic heterocycles. The molecule has 4 nitrogen and oxygen atoms in total. The number of hydrogen-bond acceptors (Lipinski definition) is 3. The number of hydrogen-bond donors (Lipinski definition) is 1. The third kappa shape index (κ3) is 3.96. The smallest absolute Gasteiger partial charge is 0.263 e. The average molecular weight is 341 g/mol. The van der Waals surface area contributed by atoms with Gasteiger partial charge in [-0.15, -0.1) is 0 Å². The lowest BCUT2D eigenvalue weighted by Gasteiger charge is -2.22. The number of nitrogens with one attached hydrogen (secondary N) is 1. The van der Waals surface area contributed by atoms with Crippen LogP contribution in [0.15, 0.2) is 28.7 Å². The molecule has 1 saturated heterocycles. The first-order valence-electron chi connectivity index (χ1n) is 6.95. The minimum absolute atomic E-state index is 0.0755. The van der Waals surface area contributed by atoms with Crippen LogP contribution in [0.4, 0.5) is 0 Å². The Hall–Kier alpha value is -1.07. The maximum absolute atomic E-state index is 12.3. The van der Waals surface area contributed by atoms with Gasteiger partial charge in [-0.05, 0) is 57.1 Å². The molecule has 20 heavy (non-hydrogen) atoms. The van der Waals surface area contributed by atoms with Crippen LogP contribution in [-0.4, -0.2) is 43.6 Å². The summed E-state index contributed by atoms with van der Waals surface area (Å²) >= 11 is 3.38. The van der Waals surface area contributed by atoms with E-state index in [1.807, 2.05) is 43.1 Å². The molecule has 1 aromatic carbocycles. The summed E-state index contributed by atoms with van der Waals surface area (Å²) in [6, 6.07) is 7.54. The minimum atomic E-state index is -0.440. The Morgan fingerprint density at radius 3 is 2.85 bits per heavy atom. The van der Waals surface area contributed by atoms with Crippen LogP contribution < -0.4 is 10.1 Å². The van der Waals surface area contributed by atoms with Crippen molar-refractivity contribution < 1.29 is 9.53 Å². The number of carbonyl (C=O) groups is 1. The van der Waals surface area contributed by atoms with E-state index in [0.29, 0.717) is 5.92 Å². The second-order valence-corrected chi connectivity index (χ2v) is 6.13. The first kappa shape index (κ1) is 15.3. The van der Waals surface area contributed by atoms with Crippen molar-refractivity contribution in [1.82, 2.24) is 10.2 Å². The van der Waals surface area contributed by atoms with Crippen LogP contribution in [0.5, 0.6) is 5.75 Å². The SMILES string of the molecule is CNC[C@@H]1CCN(C(=O)[C@@H](C)Oc2ccc(Br)cc2)C1. The Morgan fingerprint density at radius 1 is 1.50 bits per heavy atom. The molecule has 0 aromatic heterocycles. The van der Waals surface area contributed by atoms with Gasteiger partial charge in [-0.25, -0.2) is 0 Å². The monoisotopic (exact) mass is 340 g/mol. The van der Waals surface area contributed by atoms with Gasteiger partial charge in [0.15, 0.2) is 6.10 Å². The first-order chi connectivity index (χ1) is 9.60. The summed E-state index contributed by atoms with van der Waals surface area (Å²) in [6.45, 7) is 4.44. The third-order valence-corrected chi connectivity index (χ3v) is 4.09. The number of nitrogens with zero attached hydrogens (tertiary/aromatic N) is 1. The molecule has 0 spiro atoms. The van der Waals surface area contributed by atoms with Crippen LogP contribution in [0.25, 0.3) is 0 Å². The number of carbonyl (C=O) groups excluding carboxylic acids is 1. The fourth-order valence-electron chi connectivity index (χ4n) is 2.51. The van der Waals surface area contributed by atoms with Gasteiger partial charge in [0.1, 0.15) is 5.75 Å². The molecule has 0 aliphatic carbocycles. The van der Waals surface area contributed by atoms with E-state index in [1.54, 1.807) is 0 Å². The summed E-state index contributed by atoms with van der Waals surface area (Å²) < 4.78 is 6.71. The maximum atomic E-state index is 12.3. The van der Waals surface area contributed by atoms with Crippen molar-refractivity contribution in [3.8, 4) is 5.75 Å². The van der Waals surface area contributed by atoms with Crippen LogP contribution in [0.3, 0.4) is 0 Å². The number of likely N-dealkylation sites (tertiary alicyclic amines) is 1. The van der Waals surface area contributed by atoms with Gasteiger partial charge in [-0.1, -0.05) is 15.9 Å². The molecule has 2 atom stereocenters. The number of benzene rings is 1. The third-order valence-electron chi connectivity index (χ3n) is 3.56. The van der Waals surface area contributed by atoms with Gasteiger partial charge in [-0.3, -0.25) is 4.79 Å². The molecule has 5 heteroatoms. The van der Waals surface area contributed by atoms with Crippen molar-refractivity contribution in [2.75, 3.05) is 26.7 Å². The highest BCUT2D eigenvalue weighted by atomic mass is 79.9. The van der Waals surface area contributed by atoms with Crippen molar-refractivity contribution in [1.29, 1.82) is 0 Å². The zero-order chi connectivity index (χ0) is 14.5. The largest absolute Gasteiger partial charge is 0.481 e. The highest BCUT2D eigenvalue weighted by Crippen LogP contribution is 2.20. The van der Waals surface area contributed by atoms with Crippen LogP contribution in [0.1, 0.15) is 13.3 Å². The summed E-state index contributed by atoms with van der Waals surface area (Å²) in [5.74, 6) is 1.36. The lowest BCUT2D eigenvalue weighted by atomic mass is 10.1. The highest BCUT2D eigenvalue weighted by molar-refractivity contribution is 9.10. The summed E-state index contributed by atoms with van der Waals surface area (Å²) in [4.78, 5) is 14.2. The molecular formula is C15H21BrN2O2. The molecule has 0 saturated carbocycles. The van der Waals surface area contributed by atoms with Gasteiger partial charge >= 0.3 is 0 Å². The zero-order valence-electron chi connectivity index (χ0n) is 11.9. The van der Waals surface area contributed by atoms with Crippen molar-refractivity contribution in [3.63, 3.8) is 0 Å². The number of rotatable bonds is 5. The van der Waals surface area contributed by atoms with E-state index in [2.05, 4.69) is 21.2 Å². The predicted octanol–water partition coefficient (Wildman–Crippen LogP) is 2.28. The van der Waals surface area contributed by atoms with Gasteiger partial charge in [-0.2, -0.15) is 0 Å². The summed E-state index contributed by atoms with van der Waals surface area (Å²) in [5, 5.41) is 3.17. The molecule has 1 heterocycles. The normalized spacial score (nSPS) is 19.9. The fraction of sp³-hybridized carbons (Fsp3) is 0.533. The Morgan fingerprint density at radius 2 is 2.20 bits per heavy atom. The Labute approximate surface area is 128 Å². The summed E-state index contributed by atoms with van der Waals surface area (Å²) in [6.07, 6.45) is 0.627. The number of halogens is 1. The van der Waals surface area contributed by atoms with Gasteiger partial charge in [0, 0.05) is 17.6 Å². The van der Waals surface area contributed by atoms with E-state index >= 15 is 0 Å². The van der Waals surface area contributed by atoms with Crippen LogP contribution in [0, 0.1) is 5.92 Å². The lowest BCUT2D eigenvalue weighted by molar-refractivity contribution is -0.137. The maximum Gasteiger partial charge on any atom is 0.263 e.